The molecular formula is C11H17NO2. The van der Waals surface area contributed by atoms with Crippen LogP contribution in [-0.2, 0) is 4.79 Å². The second-order valence-corrected chi connectivity index (χ2v) is 5.07. The average Bonchev–Trinajstić information content (AvgIpc) is 2.94. The summed E-state index contributed by atoms with van der Waals surface area (Å²) >= 11 is 0. The molecule has 0 radical (unpaired) electrons. The average molecular weight is 195 g/mol. The summed E-state index contributed by atoms with van der Waals surface area (Å²) in [5, 5.41) is 9.02. The van der Waals surface area contributed by atoms with Crippen molar-refractivity contribution in [3.05, 3.63) is 0 Å². The fourth-order valence-corrected chi connectivity index (χ4v) is 3.38. The number of hydrogen-bond donors (Lipinski definition) is 1. The van der Waals surface area contributed by atoms with E-state index in [2.05, 4.69) is 4.90 Å². The molecule has 78 valence electrons. The van der Waals surface area contributed by atoms with Gasteiger partial charge in [-0.2, -0.15) is 0 Å². The molecule has 3 heteroatoms. The van der Waals surface area contributed by atoms with Crippen LogP contribution in [0.25, 0.3) is 0 Å². The Bertz CT molecular complexity index is 248. The van der Waals surface area contributed by atoms with Gasteiger partial charge in [-0.3, -0.25) is 9.69 Å². The van der Waals surface area contributed by atoms with E-state index in [1.54, 1.807) is 0 Å². The van der Waals surface area contributed by atoms with Crippen molar-refractivity contribution in [3.8, 4) is 0 Å². The van der Waals surface area contributed by atoms with Crippen LogP contribution < -0.4 is 0 Å². The zero-order chi connectivity index (χ0) is 9.71. The lowest BCUT2D eigenvalue weighted by atomic mass is 9.91. The molecule has 1 aliphatic carbocycles. The molecule has 2 bridgehead atoms. The van der Waals surface area contributed by atoms with Gasteiger partial charge in [0.1, 0.15) is 0 Å². The van der Waals surface area contributed by atoms with E-state index in [-0.39, 0.29) is 5.92 Å². The van der Waals surface area contributed by atoms with E-state index in [0.717, 1.165) is 18.9 Å². The lowest BCUT2D eigenvalue weighted by Gasteiger charge is -2.37. The molecule has 0 amide bonds. The summed E-state index contributed by atoms with van der Waals surface area (Å²) in [7, 11) is 0. The summed E-state index contributed by atoms with van der Waals surface area (Å²) in [6.45, 7) is 0. The SMILES string of the molecule is O=C(O)C1C[C@H]2CC[C@@H](C1)N2C1CC1. The first kappa shape index (κ1) is 8.72. The molecule has 3 rings (SSSR count). The predicted octanol–water partition coefficient (Wildman–Crippen LogP) is 1.48. The summed E-state index contributed by atoms with van der Waals surface area (Å²) in [5.74, 6) is -0.625. The van der Waals surface area contributed by atoms with Gasteiger partial charge in [0.2, 0.25) is 0 Å². The highest BCUT2D eigenvalue weighted by atomic mass is 16.4. The van der Waals surface area contributed by atoms with Gasteiger partial charge in [-0.15, -0.1) is 0 Å². The van der Waals surface area contributed by atoms with Crippen molar-refractivity contribution in [2.45, 2.75) is 56.7 Å². The Kier molecular flexibility index (Phi) is 1.84. The second-order valence-electron chi connectivity index (χ2n) is 5.07. The van der Waals surface area contributed by atoms with Crippen LogP contribution in [0.5, 0.6) is 0 Å². The Morgan fingerprint density at radius 2 is 1.50 bits per heavy atom. The quantitative estimate of drug-likeness (QED) is 0.725. The number of carbonyl (C=O) groups is 1. The van der Waals surface area contributed by atoms with Crippen LogP contribution in [0.2, 0.25) is 0 Å². The standard InChI is InChI=1S/C11H17NO2/c13-11(14)7-5-9-3-4-10(6-7)12(9)8-1-2-8/h7-10H,1-6H2,(H,13,14)/t7?,9-,10+. The molecule has 2 heterocycles. The van der Waals surface area contributed by atoms with E-state index < -0.39 is 5.97 Å². The zero-order valence-corrected chi connectivity index (χ0v) is 8.35. The first-order valence-electron chi connectivity index (χ1n) is 5.76. The van der Waals surface area contributed by atoms with Crippen LogP contribution in [0.15, 0.2) is 0 Å². The van der Waals surface area contributed by atoms with E-state index >= 15 is 0 Å². The van der Waals surface area contributed by atoms with Gasteiger partial charge >= 0.3 is 5.97 Å². The highest BCUT2D eigenvalue weighted by Crippen LogP contribution is 2.45. The molecule has 0 spiro atoms. The Balaban J connectivity index is 1.75. The fourth-order valence-electron chi connectivity index (χ4n) is 3.38. The summed E-state index contributed by atoms with van der Waals surface area (Å²) in [6.07, 6.45) is 7.00. The van der Waals surface area contributed by atoms with Gasteiger partial charge in [-0.1, -0.05) is 0 Å². The van der Waals surface area contributed by atoms with Crippen molar-refractivity contribution in [2.75, 3.05) is 0 Å². The van der Waals surface area contributed by atoms with Crippen LogP contribution in [0.4, 0.5) is 0 Å². The highest BCUT2D eigenvalue weighted by Gasteiger charge is 2.48. The second kappa shape index (κ2) is 2.96. The van der Waals surface area contributed by atoms with Gasteiger partial charge in [0.25, 0.3) is 0 Å². The Hall–Kier alpha value is -0.570. The molecule has 0 aromatic heterocycles. The summed E-state index contributed by atoms with van der Waals surface area (Å²) < 4.78 is 0. The van der Waals surface area contributed by atoms with Crippen molar-refractivity contribution in [1.29, 1.82) is 0 Å². The van der Waals surface area contributed by atoms with Gasteiger partial charge < -0.3 is 5.11 Å². The van der Waals surface area contributed by atoms with E-state index in [1.807, 2.05) is 0 Å². The largest absolute Gasteiger partial charge is 0.481 e. The third-order valence-corrected chi connectivity index (χ3v) is 4.11. The van der Waals surface area contributed by atoms with Crippen molar-refractivity contribution in [3.63, 3.8) is 0 Å². The zero-order valence-electron chi connectivity index (χ0n) is 8.35. The molecule has 2 aliphatic heterocycles. The maximum Gasteiger partial charge on any atom is 0.306 e. The summed E-state index contributed by atoms with van der Waals surface area (Å²) in [5.41, 5.74) is 0. The van der Waals surface area contributed by atoms with Gasteiger partial charge in [-0.25, -0.2) is 0 Å². The number of fused-ring (bicyclic) bond motifs is 2. The summed E-state index contributed by atoms with van der Waals surface area (Å²) in [6, 6.07) is 2.02. The normalized spacial score (nSPS) is 42.7. The Labute approximate surface area is 84.1 Å². The molecule has 0 aromatic carbocycles. The Morgan fingerprint density at radius 3 is 1.93 bits per heavy atom. The molecule has 14 heavy (non-hydrogen) atoms. The monoisotopic (exact) mass is 195 g/mol. The van der Waals surface area contributed by atoms with Crippen molar-refractivity contribution in [2.24, 2.45) is 5.92 Å². The molecule has 1 unspecified atom stereocenters. The third kappa shape index (κ3) is 1.26. The molecular weight excluding hydrogens is 178 g/mol. The minimum Gasteiger partial charge on any atom is -0.481 e. The lowest BCUT2D eigenvalue weighted by Crippen LogP contribution is -2.45. The lowest BCUT2D eigenvalue weighted by molar-refractivity contribution is -0.144. The van der Waals surface area contributed by atoms with Gasteiger partial charge in [-0.05, 0) is 38.5 Å². The van der Waals surface area contributed by atoms with Crippen LogP contribution in [0.3, 0.4) is 0 Å². The molecule has 0 aromatic rings. The molecule has 2 saturated heterocycles. The van der Waals surface area contributed by atoms with Crippen molar-refractivity contribution >= 4 is 5.97 Å². The number of hydrogen-bond acceptors (Lipinski definition) is 2. The van der Waals surface area contributed by atoms with Crippen LogP contribution >= 0.6 is 0 Å². The fraction of sp³-hybridized carbons (Fsp3) is 0.909. The minimum atomic E-state index is -0.572. The third-order valence-electron chi connectivity index (χ3n) is 4.11. The van der Waals surface area contributed by atoms with E-state index in [4.69, 9.17) is 5.11 Å². The van der Waals surface area contributed by atoms with E-state index in [0.29, 0.717) is 12.1 Å². The minimum absolute atomic E-state index is 0.0532. The van der Waals surface area contributed by atoms with Gasteiger partial charge in [0, 0.05) is 18.1 Å². The van der Waals surface area contributed by atoms with Gasteiger partial charge in [0.15, 0.2) is 0 Å². The highest BCUT2D eigenvalue weighted by molar-refractivity contribution is 5.70. The maximum absolute atomic E-state index is 10.9. The van der Waals surface area contributed by atoms with E-state index in [1.165, 1.54) is 25.7 Å². The number of aliphatic carboxylic acids is 1. The maximum atomic E-state index is 10.9. The van der Waals surface area contributed by atoms with Gasteiger partial charge in [0.05, 0.1) is 5.92 Å². The number of rotatable bonds is 2. The first-order valence-corrected chi connectivity index (χ1v) is 5.76. The van der Waals surface area contributed by atoms with Crippen LogP contribution in [0.1, 0.15) is 38.5 Å². The Morgan fingerprint density at radius 1 is 1.00 bits per heavy atom. The van der Waals surface area contributed by atoms with Crippen molar-refractivity contribution < 1.29 is 9.90 Å². The smallest absolute Gasteiger partial charge is 0.306 e. The molecule has 3 fully saturated rings. The number of piperidine rings is 1. The van der Waals surface area contributed by atoms with Crippen LogP contribution in [-0.4, -0.2) is 34.1 Å². The first-order chi connectivity index (χ1) is 6.75. The van der Waals surface area contributed by atoms with Crippen molar-refractivity contribution in [1.82, 2.24) is 4.90 Å². The molecule has 1 N–H and O–H groups in total. The number of carboxylic acids is 1. The number of nitrogens with zero attached hydrogens (tertiary/aromatic N) is 1. The summed E-state index contributed by atoms with van der Waals surface area (Å²) in [4.78, 5) is 13.6. The van der Waals surface area contributed by atoms with Crippen LogP contribution in [0, 0.1) is 5.92 Å². The molecule has 1 saturated carbocycles. The topological polar surface area (TPSA) is 40.5 Å². The predicted molar refractivity (Wildman–Crippen MR) is 52.0 cm³/mol. The molecule has 3 aliphatic rings. The number of carboxylic acid groups (broad SMARTS) is 1. The van der Waals surface area contributed by atoms with E-state index in [9.17, 15) is 4.79 Å². The molecule has 3 atom stereocenters. The molecule has 3 nitrogen and oxygen atoms in total.